The van der Waals surface area contributed by atoms with Crippen LogP contribution in [0.2, 0.25) is 0 Å². The number of ether oxygens (including phenoxy) is 1. The van der Waals surface area contributed by atoms with Crippen LogP contribution >= 0.6 is 11.8 Å². The van der Waals surface area contributed by atoms with Gasteiger partial charge >= 0.3 is 0 Å². The normalized spacial score (nSPS) is 33.1. The fourth-order valence-corrected chi connectivity index (χ4v) is 11.0. The highest BCUT2D eigenvalue weighted by molar-refractivity contribution is 7.99. The van der Waals surface area contributed by atoms with Gasteiger partial charge in [0.05, 0.1) is 47.6 Å². The second-order valence-electron chi connectivity index (χ2n) is 14.5. The lowest BCUT2D eigenvalue weighted by Gasteiger charge is -2.60. The number of thioether (sulfide) groups is 1. The third-order valence-corrected chi connectivity index (χ3v) is 13.5. The monoisotopic (exact) mass is 638 g/mol. The predicted molar refractivity (Wildman–Crippen MR) is 179 cm³/mol. The lowest BCUT2D eigenvalue weighted by molar-refractivity contribution is -0.177. The number of carbonyl (C=O) groups is 1. The molecule has 9 heteroatoms. The molecule has 0 radical (unpaired) electrons. The van der Waals surface area contributed by atoms with Crippen molar-refractivity contribution in [1.29, 1.82) is 0 Å². The number of aliphatic hydroxyl groups excluding tert-OH is 1. The van der Waals surface area contributed by atoms with Crippen molar-refractivity contribution < 1.29 is 19.7 Å². The van der Waals surface area contributed by atoms with Gasteiger partial charge in [0, 0.05) is 12.5 Å². The molecule has 240 valence electrons. The molecule has 2 heterocycles. The Morgan fingerprint density at radius 3 is 2.67 bits per heavy atom. The van der Waals surface area contributed by atoms with Crippen molar-refractivity contribution in [1.82, 2.24) is 19.3 Å². The number of rotatable bonds is 6. The number of para-hydroxylation sites is 2. The first-order valence-corrected chi connectivity index (χ1v) is 17.5. The predicted octanol–water partition coefficient (Wildman–Crippen LogP) is 6.01. The van der Waals surface area contributed by atoms with Gasteiger partial charge in [-0.3, -0.25) is 4.79 Å². The summed E-state index contributed by atoms with van der Waals surface area (Å²) < 4.78 is 9.37. The highest BCUT2D eigenvalue weighted by Crippen LogP contribution is 2.67. The van der Waals surface area contributed by atoms with E-state index in [0.717, 1.165) is 59.0 Å². The van der Waals surface area contributed by atoms with Crippen LogP contribution in [0.1, 0.15) is 57.2 Å². The zero-order valence-corrected chi connectivity index (χ0v) is 27.8. The van der Waals surface area contributed by atoms with E-state index in [0.29, 0.717) is 12.8 Å². The molecule has 4 aromatic rings. The number of allylic oxidation sites excluding steroid dienone is 1. The number of hydrogen-bond donors (Lipinski definition) is 2. The van der Waals surface area contributed by atoms with Gasteiger partial charge in [0.2, 0.25) is 0 Å². The first kappa shape index (κ1) is 30.0. The van der Waals surface area contributed by atoms with E-state index in [1.807, 2.05) is 71.0 Å². The molecule has 3 saturated carbocycles. The maximum atomic E-state index is 14.0. The first-order valence-electron chi connectivity index (χ1n) is 16.5. The van der Waals surface area contributed by atoms with Crippen LogP contribution in [-0.2, 0) is 18.3 Å². The fourth-order valence-electron chi connectivity index (χ4n) is 10.1. The number of Topliss-reactive ketones (excluding diaryl/α,β-unsaturated/α-hetero) is 1. The highest BCUT2D eigenvalue weighted by atomic mass is 32.2. The van der Waals surface area contributed by atoms with Crippen LogP contribution in [0.15, 0.2) is 65.5 Å². The number of benzene rings is 2. The number of aliphatic hydroxyl groups is 2. The Morgan fingerprint density at radius 2 is 1.91 bits per heavy atom. The van der Waals surface area contributed by atoms with Crippen molar-refractivity contribution in [3.05, 3.63) is 71.6 Å². The van der Waals surface area contributed by atoms with Gasteiger partial charge in [0.25, 0.3) is 0 Å². The van der Waals surface area contributed by atoms with Crippen LogP contribution in [0.3, 0.4) is 0 Å². The fraction of sp³-hybridized carbons (Fsp3) is 0.486. The highest BCUT2D eigenvalue weighted by Gasteiger charge is 2.68. The van der Waals surface area contributed by atoms with Crippen LogP contribution in [0.5, 0.6) is 5.75 Å². The van der Waals surface area contributed by atoms with Gasteiger partial charge in [0.1, 0.15) is 11.4 Å². The van der Waals surface area contributed by atoms with Gasteiger partial charge in [-0.25, -0.2) is 9.67 Å². The molecule has 2 aromatic heterocycles. The van der Waals surface area contributed by atoms with E-state index in [-0.39, 0.29) is 34.7 Å². The second kappa shape index (κ2) is 10.6. The average molecular weight is 639 g/mol. The smallest absolute Gasteiger partial charge is 0.175 e. The maximum Gasteiger partial charge on any atom is 0.175 e. The van der Waals surface area contributed by atoms with E-state index >= 15 is 0 Å². The summed E-state index contributed by atoms with van der Waals surface area (Å²) in [5, 5.41) is 29.8. The average Bonchev–Trinajstić information content (AvgIpc) is 3.69. The largest absolute Gasteiger partial charge is 0.497 e. The molecule has 0 aliphatic heterocycles. The third-order valence-electron chi connectivity index (χ3n) is 12.4. The quantitative estimate of drug-likeness (QED) is 0.249. The van der Waals surface area contributed by atoms with Crippen molar-refractivity contribution in [2.24, 2.45) is 35.6 Å². The van der Waals surface area contributed by atoms with Gasteiger partial charge in [-0.2, -0.15) is 5.10 Å². The maximum absolute atomic E-state index is 14.0. The number of aromatic nitrogens is 4. The van der Waals surface area contributed by atoms with Crippen LogP contribution in [-0.4, -0.2) is 59.9 Å². The summed E-state index contributed by atoms with van der Waals surface area (Å²) in [7, 11) is 3.63. The summed E-state index contributed by atoms with van der Waals surface area (Å²) in [6.07, 6.45) is 8.10. The molecule has 0 spiro atoms. The molecule has 7 atom stereocenters. The number of methoxy groups -OCH3 is 1. The van der Waals surface area contributed by atoms with Gasteiger partial charge in [0.15, 0.2) is 10.9 Å². The number of hydrogen-bond acceptors (Lipinski definition) is 7. The van der Waals surface area contributed by atoms with Crippen molar-refractivity contribution in [3.8, 4) is 11.4 Å². The standard InChI is InChI=1S/C37H42N4O4S/c1-35-18-22-20-38-41(24-10-12-25(45-4)13-11-24)30(22)17-23(35)9-14-26-27-15-16-37(44,36(27,2)19-31(42)33(26)35)32(43)21-46-34-39-28-7-5-6-8-29(28)40(34)3/h5-8,10-13,17,20,26-27,31,33,42,44H,9,14-16,18-19,21H2,1-4H3/t26?,27?,31-,33?,35?,36?,37-/m0/s1. The van der Waals surface area contributed by atoms with E-state index in [2.05, 4.69) is 19.9 Å². The molecule has 0 saturated heterocycles. The summed E-state index contributed by atoms with van der Waals surface area (Å²) in [5.41, 5.74) is 4.27. The molecule has 2 N–H and O–H groups in total. The third kappa shape index (κ3) is 4.17. The Hall–Kier alpha value is -3.40. The molecule has 4 aliphatic carbocycles. The number of ketones is 1. The van der Waals surface area contributed by atoms with Gasteiger partial charge in [-0.05, 0) is 110 Å². The molecular formula is C37H42N4O4S. The number of carbonyl (C=O) groups excluding carboxylic acids is 1. The minimum atomic E-state index is -1.46. The zero-order chi connectivity index (χ0) is 32.0. The Balaban J connectivity index is 1.04. The molecule has 2 aromatic carbocycles. The van der Waals surface area contributed by atoms with Crippen LogP contribution in [0, 0.1) is 28.6 Å². The van der Waals surface area contributed by atoms with Crippen LogP contribution in [0.25, 0.3) is 22.8 Å². The second-order valence-corrected chi connectivity index (χ2v) is 15.4. The first-order chi connectivity index (χ1) is 22.1. The van der Waals surface area contributed by atoms with Gasteiger partial charge in [-0.1, -0.05) is 43.3 Å². The van der Waals surface area contributed by atoms with Crippen LogP contribution < -0.4 is 4.74 Å². The molecule has 46 heavy (non-hydrogen) atoms. The molecule has 5 unspecified atom stereocenters. The van der Waals surface area contributed by atoms with E-state index < -0.39 is 17.1 Å². The molecule has 8 nitrogen and oxygen atoms in total. The topological polar surface area (TPSA) is 102 Å². The minimum Gasteiger partial charge on any atom is -0.497 e. The van der Waals surface area contributed by atoms with Crippen molar-refractivity contribution >= 4 is 34.7 Å². The molecule has 8 rings (SSSR count). The van der Waals surface area contributed by atoms with Crippen molar-refractivity contribution in [2.75, 3.05) is 12.9 Å². The molecule has 3 fully saturated rings. The lowest BCUT2D eigenvalue weighted by atomic mass is 9.45. The Labute approximate surface area is 273 Å². The summed E-state index contributed by atoms with van der Waals surface area (Å²) >= 11 is 1.40. The van der Waals surface area contributed by atoms with Gasteiger partial charge in [-0.15, -0.1) is 0 Å². The Kier molecular flexibility index (Phi) is 6.88. The summed E-state index contributed by atoms with van der Waals surface area (Å²) in [5.74, 6) is 1.31. The zero-order valence-electron chi connectivity index (χ0n) is 26.9. The molecular weight excluding hydrogens is 596 g/mol. The number of fused-ring (bicyclic) bond motifs is 7. The SMILES string of the molecule is COc1ccc(-n2ncc3c2C=C2CCC4C([C@@H](O)CC5(C)C4CC[C@]5(O)C(=O)CSc4nc5ccccc5n4C)C2(C)C3)cc1. The lowest BCUT2D eigenvalue weighted by Crippen LogP contribution is -2.62. The minimum absolute atomic E-state index is 0.0647. The summed E-state index contributed by atoms with van der Waals surface area (Å²) in [4.78, 5) is 18.7. The Morgan fingerprint density at radius 1 is 1.13 bits per heavy atom. The molecule has 0 bridgehead atoms. The van der Waals surface area contributed by atoms with E-state index in [4.69, 9.17) is 14.8 Å². The molecule has 0 amide bonds. The summed E-state index contributed by atoms with van der Waals surface area (Å²) in [6.45, 7) is 4.41. The Bertz CT molecular complexity index is 1880. The van der Waals surface area contributed by atoms with E-state index in [1.54, 1.807) is 7.11 Å². The van der Waals surface area contributed by atoms with Crippen molar-refractivity contribution in [2.45, 2.75) is 69.2 Å². The number of aryl methyl sites for hydroxylation is 1. The van der Waals surface area contributed by atoms with Gasteiger partial charge < -0.3 is 19.5 Å². The number of imidazole rings is 1. The van der Waals surface area contributed by atoms with E-state index in [1.165, 1.54) is 22.9 Å². The van der Waals surface area contributed by atoms with Crippen molar-refractivity contribution in [3.63, 3.8) is 0 Å². The van der Waals surface area contributed by atoms with Crippen LogP contribution in [0.4, 0.5) is 0 Å². The molecule has 4 aliphatic rings. The van der Waals surface area contributed by atoms with E-state index in [9.17, 15) is 15.0 Å². The summed E-state index contributed by atoms with van der Waals surface area (Å²) in [6, 6.07) is 15.9. The number of nitrogens with zero attached hydrogens (tertiary/aromatic N) is 4.